The highest BCUT2D eigenvalue weighted by Crippen LogP contribution is 2.37. The van der Waals surface area contributed by atoms with E-state index in [0.29, 0.717) is 6.04 Å². The molecule has 3 nitrogen and oxygen atoms in total. The largest absolute Gasteiger partial charge is 0.309 e. The summed E-state index contributed by atoms with van der Waals surface area (Å²) in [6, 6.07) is 2.75. The van der Waals surface area contributed by atoms with E-state index < -0.39 is 5.41 Å². The van der Waals surface area contributed by atoms with Crippen LogP contribution < -0.4 is 5.32 Å². The minimum Gasteiger partial charge on any atom is -0.309 e. The van der Waals surface area contributed by atoms with Crippen LogP contribution in [-0.2, 0) is 11.8 Å². The van der Waals surface area contributed by atoms with Gasteiger partial charge in [-0.2, -0.15) is 5.26 Å². The van der Waals surface area contributed by atoms with Gasteiger partial charge in [0.15, 0.2) is 0 Å². The summed E-state index contributed by atoms with van der Waals surface area (Å²) < 4.78 is 0. The summed E-state index contributed by atoms with van der Waals surface area (Å²) in [6.07, 6.45) is 4.66. The SMILES string of the molecule is CCCNC1CCCc2sc(C(C)(C)C#N)nc21. The highest BCUT2D eigenvalue weighted by Gasteiger charge is 2.30. The number of fused-ring (bicyclic) bond motifs is 1. The van der Waals surface area contributed by atoms with Crippen LogP contribution in [0.15, 0.2) is 0 Å². The van der Waals surface area contributed by atoms with Crippen molar-refractivity contribution in [1.29, 1.82) is 5.26 Å². The Balaban J connectivity index is 2.26. The van der Waals surface area contributed by atoms with E-state index >= 15 is 0 Å². The fraction of sp³-hybridized carbons (Fsp3) is 0.714. The van der Waals surface area contributed by atoms with E-state index in [2.05, 4.69) is 18.3 Å². The van der Waals surface area contributed by atoms with Crippen molar-refractivity contribution in [2.24, 2.45) is 0 Å². The van der Waals surface area contributed by atoms with E-state index in [4.69, 9.17) is 4.98 Å². The topological polar surface area (TPSA) is 48.7 Å². The van der Waals surface area contributed by atoms with Crippen LogP contribution in [0.1, 0.15) is 61.7 Å². The molecule has 0 aromatic carbocycles. The predicted molar refractivity (Wildman–Crippen MR) is 74.7 cm³/mol. The summed E-state index contributed by atoms with van der Waals surface area (Å²) in [5, 5.41) is 13.8. The van der Waals surface area contributed by atoms with Gasteiger partial charge in [0, 0.05) is 4.88 Å². The zero-order chi connectivity index (χ0) is 13.2. The van der Waals surface area contributed by atoms with Crippen LogP contribution in [0.4, 0.5) is 0 Å². The lowest BCUT2D eigenvalue weighted by Crippen LogP contribution is -2.26. The highest BCUT2D eigenvalue weighted by atomic mass is 32.1. The van der Waals surface area contributed by atoms with Crippen molar-refractivity contribution >= 4 is 11.3 Å². The number of thiazole rings is 1. The summed E-state index contributed by atoms with van der Waals surface area (Å²) in [5.41, 5.74) is 0.746. The lowest BCUT2D eigenvalue weighted by molar-refractivity contribution is 0.452. The first kappa shape index (κ1) is 13.5. The molecule has 0 radical (unpaired) electrons. The normalized spacial score (nSPS) is 19.3. The Kier molecular flexibility index (Phi) is 4.04. The second-order valence-electron chi connectivity index (χ2n) is 5.46. The number of aromatic nitrogens is 1. The molecular weight excluding hydrogens is 242 g/mol. The molecule has 1 aliphatic carbocycles. The van der Waals surface area contributed by atoms with Crippen LogP contribution in [0, 0.1) is 11.3 Å². The molecule has 0 amide bonds. The predicted octanol–water partition coefficient (Wildman–Crippen LogP) is 3.32. The number of nitrogens with zero attached hydrogens (tertiary/aromatic N) is 2. The molecule has 1 heterocycles. The minimum absolute atomic E-state index is 0.396. The lowest BCUT2D eigenvalue weighted by Gasteiger charge is -2.22. The molecular formula is C14H21N3S. The lowest BCUT2D eigenvalue weighted by atomic mass is 9.95. The number of nitriles is 1. The van der Waals surface area contributed by atoms with Crippen molar-refractivity contribution in [2.45, 2.75) is 57.9 Å². The molecule has 4 heteroatoms. The Morgan fingerprint density at radius 3 is 3.00 bits per heavy atom. The summed E-state index contributed by atoms with van der Waals surface area (Å²) in [6.45, 7) is 7.12. The van der Waals surface area contributed by atoms with E-state index in [1.165, 1.54) is 23.4 Å². The molecule has 98 valence electrons. The number of hydrogen-bond donors (Lipinski definition) is 1. The Hall–Kier alpha value is -0.920. The third-order valence-electron chi connectivity index (χ3n) is 3.41. The monoisotopic (exact) mass is 263 g/mol. The van der Waals surface area contributed by atoms with E-state index in [-0.39, 0.29) is 0 Å². The fourth-order valence-corrected chi connectivity index (χ4v) is 3.47. The van der Waals surface area contributed by atoms with E-state index in [1.54, 1.807) is 11.3 Å². The second-order valence-corrected chi connectivity index (χ2v) is 6.55. The van der Waals surface area contributed by atoms with Gasteiger partial charge >= 0.3 is 0 Å². The molecule has 0 fully saturated rings. The van der Waals surface area contributed by atoms with Gasteiger partial charge in [0.2, 0.25) is 0 Å². The molecule has 1 aliphatic rings. The van der Waals surface area contributed by atoms with Crippen LogP contribution in [0.3, 0.4) is 0 Å². The molecule has 1 aromatic heterocycles. The summed E-state index contributed by atoms with van der Waals surface area (Å²) in [7, 11) is 0. The van der Waals surface area contributed by atoms with E-state index in [0.717, 1.165) is 24.4 Å². The maximum absolute atomic E-state index is 9.22. The smallest absolute Gasteiger partial charge is 0.113 e. The van der Waals surface area contributed by atoms with Crippen molar-refractivity contribution in [2.75, 3.05) is 6.54 Å². The second kappa shape index (κ2) is 5.38. The van der Waals surface area contributed by atoms with Gasteiger partial charge in [-0.25, -0.2) is 4.98 Å². The first-order valence-corrected chi connectivity index (χ1v) is 7.55. The molecule has 18 heavy (non-hydrogen) atoms. The van der Waals surface area contributed by atoms with Gasteiger partial charge in [-0.1, -0.05) is 6.92 Å². The van der Waals surface area contributed by atoms with E-state index in [1.807, 2.05) is 13.8 Å². The first-order chi connectivity index (χ1) is 8.58. The van der Waals surface area contributed by atoms with Gasteiger partial charge in [-0.3, -0.25) is 0 Å². The van der Waals surface area contributed by atoms with Gasteiger partial charge in [-0.05, 0) is 46.1 Å². The highest BCUT2D eigenvalue weighted by molar-refractivity contribution is 7.12. The molecule has 1 unspecified atom stereocenters. The van der Waals surface area contributed by atoms with Crippen molar-refractivity contribution in [1.82, 2.24) is 10.3 Å². The molecule has 0 aliphatic heterocycles. The number of aryl methyl sites for hydroxylation is 1. The zero-order valence-corrected chi connectivity index (χ0v) is 12.2. The van der Waals surface area contributed by atoms with Gasteiger partial charge in [0.25, 0.3) is 0 Å². The Labute approximate surface area is 113 Å². The van der Waals surface area contributed by atoms with Crippen LogP contribution in [-0.4, -0.2) is 11.5 Å². The van der Waals surface area contributed by atoms with Crippen molar-refractivity contribution < 1.29 is 0 Å². The van der Waals surface area contributed by atoms with Crippen LogP contribution in [0.5, 0.6) is 0 Å². The zero-order valence-electron chi connectivity index (χ0n) is 11.4. The van der Waals surface area contributed by atoms with E-state index in [9.17, 15) is 5.26 Å². The maximum Gasteiger partial charge on any atom is 0.113 e. The van der Waals surface area contributed by atoms with Crippen LogP contribution >= 0.6 is 11.3 Å². The Bertz CT molecular complexity index is 456. The van der Waals surface area contributed by atoms with Gasteiger partial charge in [0.05, 0.1) is 17.8 Å². The molecule has 1 N–H and O–H groups in total. The fourth-order valence-electron chi connectivity index (χ4n) is 2.25. The quantitative estimate of drug-likeness (QED) is 0.906. The van der Waals surface area contributed by atoms with Gasteiger partial charge in [-0.15, -0.1) is 11.3 Å². The minimum atomic E-state index is -0.461. The molecule has 0 saturated heterocycles. The standard InChI is InChI=1S/C14H21N3S/c1-4-8-16-10-6-5-7-11-12(10)17-13(18-11)14(2,3)9-15/h10,16H,4-8H2,1-3H3. The third kappa shape index (κ3) is 2.57. The number of rotatable bonds is 4. The Morgan fingerprint density at radius 2 is 2.33 bits per heavy atom. The summed E-state index contributed by atoms with van der Waals surface area (Å²) in [4.78, 5) is 6.14. The maximum atomic E-state index is 9.22. The molecule has 0 bridgehead atoms. The summed E-state index contributed by atoms with van der Waals surface area (Å²) >= 11 is 1.73. The third-order valence-corrected chi connectivity index (χ3v) is 4.86. The van der Waals surface area contributed by atoms with Crippen molar-refractivity contribution in [3.8, 4) is 6.07 Å². The van der Waals surface area contributed by atoms with Gasteiger partial charge in [0.1, 0.15) is 10.4 Å². The van der Waals surface area contributed by atoms with Crippen LogP contribution in [0.2, 0.25) is 0 Å². The molecule has 0 spiro atoms. The molecule has 1 aromatic rings. The number of hydrogen-bond acceptors (Lipinski definition) is 4. The average molecular weight is 263 g/mol. The van der Waals surface area contributed by atoms with Crippen LogP contribution in [0.25, 0.3) is 0 Å². The molecule has 2 rings (SSSR count). The van der Waals surface area contributed by atoms with Crippen molar-refractivity contribution in [3.05, 3.63) is 15.6 Å². The average Bonchev–Trinajstić information content (AvgIpc) is 2.81. The Morgan fingerprint density at radius 1 is 1.56 bits per heavy atom. The molecule has 1 atom stereocenters. The summed E-state index contributed by atoms with van der Waals surface area (Å²) in [5.74, 6) is 0. The van der Waals surface area contributed by atoms with Gasteiger partial charge < -0.3 is 5.32 Å². The molecule has 0 saturated carbocycles. The van der Waals surface area contributed by atoms with Crippen molar-refractivity contribution in [3.63, 3.8) is 0 Å². The first-order valence-electron chi connectivity index (χ1n) is 6.73. The number of nitrogens with one attached hydrogen (secondary N) is 1.